The largest absolute Gasteiger partial charge is 0.490 e. The summed E-state index contributed by atoms with van der Waals surface area (Å²) in [6, 6.07) is 33.6. The van der Waals surface area contributed by atoms with Gasteiger partial charge in [0.15, 0.2) is 5.72 Å². The van der Waals surface area contributed by atoms with Gasteiger partial charge in [-0.3, -0.25) is 24.0 Å². The van der Waals surface area contributed by atoms with E-state index in [-0.39, 0.29) is 66.0 Å². The summed E-state index contributed by atoms with van der Waals surface area (Å²) in [7, 11) is 1.52. The molecule has 27 heteroatoms. The number of aromatic nitrogens is 1. The second-order valence-electron chi connectivity index (χ2n) is 23.0. The summed E-state index contributed by atoms with van der Waals surface area (Å²) in [6.07, 6.45) is -3.03. The third-order valence-corrected chi connectivity index (χ3v) is 16.8. The number of hydrogen-bond acceptors (Lipinski definition) is 18. The molecule has 0 spiro atoms. The fourth-order valence-corrected chi connectivity index (χ4v) is 12.0. The lowest BCUT2D eigenvalue weighted by atomic mass is 9.82. The van der Waals surface area contributed by atoms with Crippen LogP contribution < -0.4 is 48.5 Å². The van der Waals surface area contributed by atoms with Crippen molar-refractivity contribution in [2.75, 3.05) is 40.0 Å². The van der Waals surface area contributed by atoms with Crippen LogP contribution in [0.2, 0.25) is 0 Å². The number of fused-ring (bicyclic) bond motifs is 10. The molecule has 476 valence electrons. The third-order valence-electron chi connectivity index (χ3n) is 16.8. The van der Waals surface area contributed by atoms with Gasteiger partial charge >= 0.3 is 18.2 Å². The zero-order valence-electron chi connectivity index (χ0n) is 50.6. The van der Waals surface area contributed by atoms with Gasteiger partial charge in [0.25, 0.3) is 0 Å². The van der Waals surface area contributed by atoms with Crippen molar-refractivity contribution in [2.24, 2.45) is 28.2 Å². The molecule has 0 bridgehead atoms. The minimum atomic E-state index is -1.52. The van der Waals surface area contributed by atoms with Crippen LogP contribution in [0.1, 0.15) is 63.6 Å². The summed E-state index contributed by atoms with van der Waals surface area (Å²) in [4.78, 5) is 104. The molecule has 5 amide bonds. The molecule has 0 radical (unpaired) electrons. The number of benzene rings is 5. The molecule has 2 saturated heterocycles. The van der Waals surface area contributed by atoms with E-state index in [9.17, 15) is 43.5 Å². The van der Waals surface area contributed by atoms with Crippen molar-refractivity contribution >= 4 is 74.9 Å². The molecule has 11 rings (SSSR count). The van der Waals surface area contributed by atoms with E-state index in [1.165, 1.54) is 27.9 Å². The number of carboxylic acid groups (broad SMARTS) is 1. The van der Waals surface area contributed by atoms with E-state index in [0.717, 1.165) is 55.4 Å². The maximum absolute atomic E-state index is 12.8. The van der Waals surface area contributed by atoms with Crippen LogP contribution in [0.4, 0.5) is 15.3 Å². The topological polar surface area (TPSA) is 430 Å². The normalized spacial score (nSPS) is 19.7. The number of rotatable bonds is 21. The second-order valence-corrected chi connectivity index (χ2v) is 23.0. The number of aliphatic hydroxyl groups excluding tert-OH is 1. The van der Waals surface area contributed by atoms with Crippen LogP contribution in [0.15, 0.2) is 143 Å². The summed E-state index contributed by atoms with van der Waals surface area (Å²) in [5.41, 5.74) is 31.8. The summed E-state index contributed by atoms with van der Waals surface area (Å²) in [6.45, 7) is 9.36. The van der Waals surface area contributed by atoms with E-state index in [1.807, 2.05) is 116 Å². The Kier molecular flexibility index (Phi) is 19.5. The number of aliphatic carboxylic acids is 1. The van der Waals surface area contributed by atoms with Crippen molar-refractivity contribution in [3.05, 3.63) is 165 Å². The number of ether oxygens (including phenoxy) is 4. The SMILES string of the molecule is CC(C)(NCC(O)COc1cccc2[nH]c3ccccc3c12)c1ccc(N=[N+]=[N-])cc1.CO[C@@]12[C@H](COC(N)=O)C3=C(C(=O)C(C)=C(N)C3=O)N1C[C@@H]1N[C@@H]12.C[C@H](NC(=O)OCC1c2ccccc2-c2ccccc21)C(=O)N[C@@H](C)C(=O)N[C@@H](CC(N)=O)C(=O)O. The number of piperazine rings is 1. The van der Waals surface area contributed by atoms with E-state index < -0.39 is 84.0 Å². The van der Waals surface area contributed by atoms with Crippen molar-refractivity contribution in [3.8, 4) is 16.9 Å². The number of ketones is 2. The van der Waals surface area contributed by atoms with E-state index in [2.05, 4.69) is 47.7 Å². The molecule has 8 atom stereocenters. The Labute approximate surface area is 521 Å². The molecule has 1 unspecified atom stereocenters. The van der Waals surface area contributed by atoms with Gasteiger partial charge in [0.2, 0.25) is 29.3 Å². The first kappa shape index (κ1) is 65.1. The first-order chi connectivity index (χ1) is 43.4. The van der Waals surface area contributed by atoms with Gasteiger partial charge in [-0.25, -0.2) is 14.4 Å². The second kappa shape index (κ2) is 27.2. The Morgan fingerprint density at radius 2 is 1.45 bits per heavy atom. The Morgan fingerprint density at radius 1 is 0.824 bits per heavy atom. The molecule has 6 aromatic rings. The molecule has 2 aliphatic carbocycles. The monoisotopic (exact) mass is 1250 g/mol. The average Bonchev–Trinajstić information content (AvgIpc) is 1.50. The highest BCUT2D eigenvalue weighted by molar-refractivity contribution is 6.25. The lowest BCUT2D eigenvalue weighted by Crippen LogP contribution is -2.55. The molecular weight excluding hydrogens is 1170 g/mol. The number of primary amides is 2. The Bertz CT molecular complexity index is 3930. The molecular formula is C64H71N13O14. The van der Waals surface area contributed by atoms with Gasteiger partial charge in [-0.15, -0.1) is 0 Å². The minimum absolute atomic E-state index is 0.0586. The van der Waals surface area contributed by atoms with Crippen LogP contribution in [-0.4, -0.2) is 150 Å². The van der Waals surface area contributed by atoms with Gasteiger partial charge in [0, 0.05) is 75.7 Å². The van der Waals surface area contributed by atoms with Crippen LogP contribution in [-0.2, 0) is 48.5 Å². The van der Waals surface area contributed by atoms with Crippen molar-refractivity contribution < 1.29 is 67.5 Å². The zero-order chi connectivity index (χ0) is 65.6. The van der Waals surface area contributed by atoms with Gasteiger partial charge < -0.3 is 82.8 Å². The molecule has 14 N–H and O–H groups in total. The standard InChI is InChI=1S/C25H28N4O7.C24H25N5O2.C15H18N4O5/c1-13(23(32)29-20(24(33)34)11-21(26)30)27-22(31)14(2)28-25(35)36-12-19-17-9-5-3-7-15(17)16-8-4-6-10-18(16)19;1-24(2,16-10-12-17(13-11-16)28-29-25)26-14-18(30)15-31-22-9-5-8-21-23(22)19-6-3-4-7-20(19)27-21;1-5-9(16)12(21)8-6(4-24-14(17)22)15(23-2)13-7(18-13)3-19(15)10(8)11(5)20/h3-10,13-14,19-20H,11-12H2,1-2H3,(H2,26,30)(H,27,31)(H,28,35)(H,29,32)(H,33,34);3-13,18,26-27,30H,14-15H2,1-2H3;6-7,13,18H,3-4,16H2,1-2H3,(H2,17,22)/t13-,14-,20-;;6-,7+,13+,15-/m0.1/s1. The number of aromatic amines is 1. The van der Waals surface area contributed by atoms with Gasteiger partial charge in [-0.05, 0) is 86.2 Å². The number of Topliss-reactive ketones (excluding diaryl/α,β-unsaturated/α-hetero) is 2. The van der Waals surface area contributed by atoms with Crippen molar-refractivity contribution in [2.45, 2.75) is 94.5 Å². The Hall–Kier alpha value is -10.3. The Balaban J connectivity index is 0.000000164. The quantitative estimate of drug-likeness (QED) is 0.0152. The fraction of sp³-hybridized carbons (Fsp3) is 0.344. The minimum Gasteiger partial charge on any atom is -0.490 e. The predicted octanol–water partition coefficient (Wildman–Crippen LogP) is 4.74. The van der Waals surface area contributed by atoms with E-state index in [1.54, 1.807) is 12.1 Å². The van der Waals surface area contributed by atoms with Crippen LogP contribution >= 0.6 is 0 Å². The fourth-order valence-electron chi connectivity index (χ4n) is 12.0. The van der Waals surface area contributed by atoms with Crippen molar-refractivity contribution in [1.82, 2.24) is 36.5 Å². The van der Waals surface area contributed by atoms with Gasteiger partial charge in [0.1, 0.15) is 49.8 Å². The molecule has 4 heterocycles. The van der Waals surface area contributed by atoms with Crippen LogP contribution in [0.3, 0.4) is 0 Å². The zero-order valence-corrected chi connectivity index (χ0v) is 50.6. The smallest absolute Gasteiger partial charge is 0.407 e. The summed E-state index contributed by atoms with van der Waals surface area (Å²) in [5, 5.41) is 38.9. The third kappa shape index (κ3) is 13.7. The molecule has 2 fully saturated rings. The number of nitrogens with two attached hydrogens (primary N) is 3. The van der Waals surface area contributed by atoms with E-state index in [4.69, 9.17) is 46.8 Å². The lowest BCUT2D eigenvalue weighted by Gasteiger charge is -2.39. The first-order valence-electron chi connectivity index (χ1n) is 29.2. The molecule has 3 aliphatic heterocycles. The number of para-hydroxylation sites is 1. The number of amides is 5. The lowest BCUT2D eigenvalue weighted by molar-refractivity contribution is -0.143. The molecule has 0 saturated carbocycles. The van der Waals surface area contributed by atoms with Crippen molar-refractivity contribution in [1.29, 1.82) is 0 Å². The summed E-state index contributed by atoms with van der Waals surface area (Å²) >= 11 is 0. The molecule has 91 heavy (non-hydrogen) atoms. The molecule has 5 aromatic carbocycles. The molecule has 5 aliphatic rings. The average molecular weight is 1250 g/mol. The van der Waals surface area contributed by atoms with Crippen molar-refractivity contribution in [3.63, 3.8) is 0 Å². The molecule has 1 aromatic heterocycles. The number of alkyl carbamates (subject to hydrolysis) is 1. The maximum Gasteiger partial charge on any atom is 0.407 e. The van der Waals surface area contributed by atoms with E-state index in [0.29, 0.717) is 24.5 Å². The number of nitrogens with one attached hydrogen (secondary N) is 6. The van der Waals surface area contributed by atoms with Crippen LogP contribution in [0.25, 0.3) is 43.4 Å². The van der Waals surface area contributed by atoms with Crippen LogP contribution in [0.5, 0.6) is 5.75 Å². The number of carbonyl (C=O) groups excluding carboxylic acids is 7. The number of carboxylic acids is 1. The summed E-state index contributed by atoms with van der Waals surface area (Å²) in [5.74, 6) is -4.59. The number of nitrogens with zero attached hydrogens (tertiary/aromatic N) is 4. The highest BCUT2D eigenvalue weighted by atomic mass is 16.6. The number of aliphatic hydroxyl groups is 1. The van der Waals surface area contributed by atoms with Gasteiger partial charge in [-0.1, -0.05) is 102 Å². The number of allylic oxidation sites excluding steroid dienone is 2. The number of H-pyrrole nitrogens is 1. The Morgan fingerprint density at radius 3 is 2.09 bits per heavy atom. The summed E-state index contributed by atoms with van der Waals surface area (Å²) < 4.78 is 22.2. The van der Waals surface area contributed by atoms with Gasteiger partial charge in [0.05, 0.1) is 35.3 Å². The van der Waals surface area contributed by atoms with E-state index >= 15 is 0 Å². The highest BCUT2D eigenvalue weighted by Crippen LogP contribution is 2.55. The number of hydrogen-bond donors (Lipinski definition) is 11. The van der Waals surface area contributed by atoms with Crippen LogP contribution in [0, 0.1) is 5.92 Å². The number of azide groups is 1. The predicted molar refractivity (Wildman–Crippen MR) is 332 cm³/mol. The molecule has 27 nitrogen and oxygen atoms in total. The first-order valence-corrected chi connectivity index (χ1v) is 29.2. The maximum atomic E-state index is 12.8. The van der Waals surface area contributed by atoms with Gasteiger partial charge in [-0.2, -0.15) is 0 Å². The number of methoxy groups -OCH3 is 1. The number of carbonyl (C=O) groups is 8. The highest BCUT2D eigenvalue weighted by Gasteiger charge is 2.72.